The van der Waals surface area contributed by atoms with Crippen LogP contribution in [0.2, 0.25) is 0 Å². The Morgan fingerprint density at radius 1 is 1.27 bits per heavy atom. The summed E-state index contributed by atoms with van der Waals surface area (Å²) in [7, 11) is 0. The number of hydrogen-bond acceptors (Lipinski definition) is 4. The second-order valence-electron chi connectivity index (χ2n) is 6.29. The number of carbonyl (C=O) groups is 1. The molecule has 1 atom stereocenters. The Labute approximate surface area is 153 Å². The minimum absolute atomic E-state index is 0.143. The maximum atomic E-state index is 12.1. The number of aryl methyl sites for hydroxylation is 1. The zero-order valence-electron chi connectivity index (χ0n) is 14.8. The van der Waals surface area contributed by atoms with Crippen molar-refractivity contribution in [2.24, 2.45) is 0 Å². The van der Waals surface area contributed by atoms with Crippen LogP contribution >= 0.6 is 0 Å². The summed E-state index contributed by atoms with van der Waals surface area (Å²) in [6, 6.07) is 11.2. The largest absolute Gasteiger partial charge is 0.489 e. The Morgan fingerprint density at radius 3 is 3.00 bits per heavy atom. The number of carbonyl (C=O) groups excluding carboxylic acids is 1. The van der Waals surface area contributed by atoms with Crippen molar-refractivity contribution in [2.45, 2.75) is 31.8 Å². The van der Waals surface area contributed by atoms with Crippen LogP contribution in [-0.4, -0.2) is 36.9 Å². The second-order valence-corrected chi connectivity index (χ2v) is 6.29. The van der Waals surface area contributed by atoms with Crippen LogP contribution in [-0.2, 0) is 11.2 Å². The topological polar surface area (TPSA) is 72.5 Å². The third-order valence-corrected chi connectivity index (χ3v) is 4.23. The van der Waals surface area contributed by atoms with Gasteiger partial charge in [0, 0.05) is 25.5 Å². The fraction of sp³-hybridized carbons (Fsp3) is 0.400. The standard InChI is InChI=1S/C20H25N3O3/c24-20(22-12-4-7-16-6-3-11-21-14-16)23-18-9-1-2-10-19(18)26-15-17-8-5-13-25-17/h1-3,6,9-11,14,17H,4-5,7-8,12-13,15H2,(H2,22,23,24)/t17-/m1/s1. The SMILES string of the molecule is O=C(NCCCc1cccnc1)Nc1ccccc1OC[C@H]1CCCO1. The monoisotopic (exact) mass is 355 g/mol. The molecule has 2 N–H and O–H groups in total. The van der Waals surface area contributed by atoms with Crippen molar-refractivity contribution in [1.82, 2.24) is 10.3 Å². The molecule has 1 aliphatic rings. The van der Waals surface area contributed by atoms with Gasteiger partial charge >= 0.3 is 6.03 Å². The minimum atomic E-state index is -0.232. The van der Waals surface area contributed by atoms with E-state index in [1.54, 1.807) is 6.20 Å². The molecule has 1 aromatic heterocycles. The zero-order valence-corrected chi connectivity index (χ0v) is 14.8. The number of nitrogens with zero attached hydrogens (tertiary/aromatic N) is 1. The molecule has 2 amide bonds. The molecule has 6 nitrogen and oxygen atoms in total. The highest BCUT2D eigenvalue weighted by Crippen LogP contribution is 2.25. The summed E-state index contributed by atoms with van der Waals surface area (Å²) >= 11 is 0. The van der Waals surface area contributed by atoms with E-state index in [0.29, 0.717) is 24.6 Å². The van der Waals surface area contributed by atoms with Gasteiger partial charge in [0.15, 0.2) is 0 Å². The van der Waals surface area contributed by atoms with Gasteiger partial charge in [0.2, 0.25) is 0 Å². The van der Waals surface area contributed by atoms with E-state index in [1.165, 1.54) is 5.56 Å². The Morgan fingerprint density at radius 2 is 2.19 bits per heavy atom. The number of rotatable bonds is 8. The smallest absolute Gasteiger partial charge is 0.319 e. The lowest BCUT2D eigenvalue weighted by atomic mass is 10.1. The lowest BCUT2D eigenvalue weighted by molar-refractivity contribution is 0.0682. The molecule has 0 unspecified atom stereocenters. The van der Waals surface area contributed by atoms with E-state index in [4.69, 9.17) is 9.47 Å². The van der Waals surface area contributed by atoms with Crippen LogP contribution in [0.3, 0.4) is 0 Å². The maximum absolute atomic E-state index is 12.1. The van der Waals surface area contributed by atoms with E-state index in [1.807, 2.05) is 42.6 Å². The highest BCUT2D eigenvalue weighted by Gasteiger charge is 2.17. The second kappa shape index (κ2) is 9.77. The molecule has 0 aliphatic carbocycles. The lowest BCUT2D eigenvalue weighted by Crippen LogP contribution is -2.30. The van der Waals surface area contributed by atoms with Crippen molar-refractivity contribution in [1.29, 1.82) is 0 Å². The zero-order chi connectivity index (χ0) is 18.0. The number of para-hydroxylation sites is 2. The number of aromatic nitrogens is 1. The van der Waals surface area contributed by atoms with Crippen LogP contribution in [0.4, 0.5) is 10.5 Å². The van der Waals surface area contributed by atoms with Crippen LogP contribution in [0.25, 0.3) is 0 Å². The molecule has 26 heavy (non-hydrogen) atoms. The summed E-state index contributed by atoms with van der Waals surface area (Å²) in [6.45, 7) is 1.90. The quantitative estimate of drug-likeness (QED) is 0.712. The summed E-state index contributed by atoms with van der Waals surface area (Å²) in [5.41, 5.74) is 1.83. The van der Waals surface area contributed by atoms with Crippen LogP contribution in [0.15, 0.2) is 48.8 Å². The van der Waals surface area contributed by atoms with E-state index < -0.39 is 0 Å². The molecule has 0 saturated carbocycles. The van der Waals surface area contributed by atoms with Crippen molar-refractivity contribution in [2.75, 3.05) is 25.1 Å². The molecule has 0 spiro atoms. The van der Waals surface area contributed by atoms with Crippen LogP contribution in [0, 0.1) is 0 Å². The molecular formula is C20H25N3O3. The third kappa shape index (κ3) is 5.74. The van der Waals surface area contributed by atoms with E-state index in [9.17, 15) is 4.79 Å². The summed E-state index contributed by atoms with van der Waals surface area (Å²) in [5, 5.41) is 5.73. The molecule has 0 bridgehead atoms. The number of benzene rings is 1. The van der Waals surface area contributed by atoms with Crippen molar-refractivity contribution in [3.63, 3.8) is 0 Å². The predicted octanol–water partition coefficient (Wildman–Crippen LogP) is 3.39. The number of urea groups is 1. The Kier molecular flexibility index (Phi) is 6.84. The average Bonchev–Trinajstić information content (AvgIpc) is 3.19. The van der Waals surface area contributed by atoms with E-state index in [2.05, 4.69) is 15.6 Å². The first kappa shape index (κ1) is 18.2. The summed E-state index contributed by atoms with van der Waals surface area (Å²) in [6.07, 6.45) is 7.59. The molecule has 0 radical (unpaired) electrons. The highest BCUT2D eigenvalue weighted by atomic mass is 16.5. The normalized spacial score (nSPS) is 16.2. The van der Waals surface area contributed by atoms with E-state index >= 15 is 0 Å². The van der Waals surface area contributed by atoms with E-state index in [0.717, 1.165) is 32.3 Å². The van der Waals surface area contributed by atoms with Gasteiger partial charge in [0.1, 0.15) is 12.4 Å². The molecule has 1 fully saturated rings. The molecule has 138 valence electrons. The number of hydrogen-bond donors (Lipinski definition) is 2. The van der Waals surface area contributed by atoms with E-state index in [-0.39, 0.29) is 12.1 Å². The van der Waals surface area contributed by atoms with Gasteiger partial charge in [0.25, 0.3) is 0 Å². The molecule has 3 rings (SSSR count). The molecule has 2 aromatic rings. The number of pyridine rings is 1. The van der Waals surface area contributed by atoms with Crippen molar-refractivity contribution >= 4 is 11.7 Å². The average molecular weight is 355 g/mol. The van der Waals surface area contributed by atoms with Crippen LogP contribution < -0.4 is 15.4 Å². The Hall–Kier alpha value is -2.60. The van der Waals surface area contributed by atoms with Crippen molar-refractivity contribution in [3.8, 4) is 5.75 Å². The van der Waals surface area contributed by atoms with Gasteiger partial charge in [-0.15, -0.1) is 0 Å². The highest BCUT2D eigenvalue weighted by molar-refractivity contribution is 5.90. The van der Waals surface area contributed by atoms with Gasteiger partial charge in [-0.25, -0.2) is 4.79 Å². The number of nitrogens with one attached hydrogen (secondary N) is 2. The first-order valence-corrected chi connectivity index (χ1v) is 9.08. The van der Waals surface area contributed by atoms with Gasteiger partial charge in [-0.2, -0.15) is 0 Å². The minimum Gasteiger partial charge on any atom is -0.489 e. The van der Waals surface area contributed by atoms with Gasteiger partial charge in [0.05, 0.1) is 11.8 Å². The molecule has 2 heterocycles. The molecule has 1 aliphatic heterocycles. The number of amides is 2. The Balaban J connectivity index is 1.41. The summed E-state index contributed by atoms with van der Waals surface area (Å²) in [4.78, 5) is 16.2. The Bertz CT molecular complexity index is 688. The molecular weight excluding hydrogens is 330 g/mol. The molecule has 6 heteroatoms. The first-order valence-electron chi connectivity index (χ1n) is 9.08. The van der Waals surface area contributed by atoms with Crippen LogP contribution in [0.5, 0.6) is 5.75 Å². The summed E-state index contributed by atoms with van der Waals surface area (Å²) in [5.74, 6) is 0.661. The predicted molar refractivity (Wildman–Crippen MR) is 100 cm³/mol. The fourth-order valence-corrected chi connectivity index (χ4v) is 2.86. The fourth-order valence-electron chi connectivity index (χ4n) is 2.86. The van der Waals surface area contributed by atoms with Crippen LogP contribution in [0.1, 0.15) is 24.8 Å². The number of ether oxygens (including phenoxy) is 2. The summed E-state index contributed by atoms with van der Waals surface area (Å²) < 4.78 is 11.4. The number of anilines is 1. The van der Waals surface area contributed by atoms with Crippen molar-refractivity contribution in [3.05, 3.63) is 54.4 Å². The van der Waals surface area contributed by atoms with Gasteiger partial charge in [-0.05, 0) is 49.4 Å². The van der Waals surface area contributed by atoms with Gasteiger partial charge in [-0.3, -0.25) is 4.98 Å². The van der Waals surface area contributed by atoms with Crippen molar-refractivity contribution < 1.29 is 14.3 Å². The molecule has 1 aromatic carbocycles. The van der Waals surface area contributed by atoms with Gasteiger partial charge < -0.3 is 20.1 Å². The lowest BCUT2D eigenvalue weighted by Gasteiger charge is -2.15. The van der Waals surface area contributed by atoms with Gasteiger partial charge in [-0.1, -0.05) is 18.2 Å². The third-order valence-electron chi connectivity index (χ3n) is 4.23. The first-order chi connectivity index (χ1) is 12.8. The maximum Gasteiger partial charge on any atom is 0.319 e. The molecule has 1 saturated heterocycles.